The van der Waals surface area contributed by atoms with Gasteiger partial charge in [0.1, 0.15) is 5.25 Å². The Kier molecular flexibility index (Phi) is 9.99. The number of fused-ring (bicyclic) bond motifs is 2. The third kappa shape index (κ3) is 6.95. The van der Waals surface area contributed by atoms with Crippen LogP contribution in [-0.4, -0.2) is 82.4 Å². The first-order chi connectivity index (χ1) is 22.4. The summed E-state index contributed by atoms with van der Waals surface area (Å²) < 4.78 is 1.65. The molecule has 0 saturated carbocycles. The summed E-state index contributed by atoms with van der Waals surface area (Å²) in [5.41, 5.74) is 1.30. The van der Waals surface area contributed by atoms with Gasteiger partial charge in [-0.2, -0.15) is 0 Å². The average molecular weight is 641 g/mol. The summed E-state index contributed by atoms with van der Waals surface area (Å²) in [5.74, 6) is -0.257. The van der Waals surface area contributed by atoms with Crippen molar-refractivity contribution in [2.75, 3.05) is 39.3 Å². The number of amides is 3. The molecule has 10 nitrogen and oxygen atoms in total. The van der Waals surface area contributed by atoms with Gasteiger partial charge in [-0.3, -0.25) is 23.7 Å². The SMILES string of the molecule is CCn1c(SC(C(=O)N2CCC[C@@H]2CNC(=O)CCC(=O)N2CCNCC2)c2ccccc2)nc2cc3ccccc3cc2c1=O. The summed E-state index contributed by atoms with van der Waals surface area (Å²) in [4.78, 5) is 61.9. The van der Waals surface area contributed by atoms with Crippen LogP contribution in [0.3, 0.4) is 0 Å². The van der Waals surface area contributed by atoms with Crippen LogP contribution < -0.4 is 16.2 Å². The minimum absolute atomic E-state index is 0.00177. The van der Waals surface area contributed by atoms with Gasteiger partial charge in [0, 0.05) is 64.7 Å². The van der Waals surface area contributed by atoms with Crippen molar-refractivity contribution in [2.45, 2.75) is 55.6 Å². The van der Waals surface area contributed by atoms with Crippen molar-refractivity contribution in [3.63, 3.8) is 0 Å². The molecule has 0 spiro atoms. The number of nitrogens with one attached hydrogen (secondary N) is 2. The molecule has 240 valence electrons. The maximum absolute atomic E-state index is 14.3. The number of hydrogen-bond acceptors (Lipinski definition) is 7. The molecular formula is C35H40N6O4S. The van der Waals surface area contributed by atoms with Crippen LogP contribution in [0.2, 0.25) is 0 Å². The number of rotatable bonds is 10. The maximum atomic E-state index is 14.3. The Hall–Kier alpha value is -4.22. The van der Waals surface area contributed by atoms with Gasteiger partial charge in [0.05, 0.1) is 10.9 Å². The molecule has 2 N–H and O–H groups in total. The minimum Gasteiger partial charge on any atom is -0.354 e. The maximum Gasteiger partial charge on any atom is 0.262 e. The number of aromatic nitrogens is 2. The molecule has 3 amide bonds. The number of hydrogen-bond donors (Lipinski definition) is 2. The molecule has 2 fully saturated rings. The molecule has 0 radical (unpaired) electrons. The molecule has 3 heterocycles. The Balaban J connectivity index is 1.20. The lowest BCUT2D eigenvalue weighted by Crippen LogP contribution is -2.47. The number of likely N-dealkylation sites (tertiary alicyclic amines) is 1. The Morgan fingerprint density at radius 3 is 2.43 bits per heavy atom. The first-order valence-corrected chi connectivity index (χ1v) is 17.0. The molecule has 2 saturated heterocycles. The van der Waals surface area contributed by atoms with E-state index in [4.69, 9.17) is 4.98 Å². The topological polar surface area (TPSA) is 117 Å². The minimum atomic E-state index is -0.628. The molecule has 11 heteroatoms. The van der Waals surface area contributed by atoms with Crippen LogP contribution in [0.4, 0.5) is 0 Å². The zero-order chi connectivity index (χ0) is 32.0. The Bertz CT molecular complexity index is 1790. The first-order valence-electron chi connectivity index (χ1n) is 16.1. The molecule has 2 aliphatic heterocycles. The fraction of sp³-hybridized carbons (Fsp3) is 0.400. The molecule has 6 rings (SSSR count). The predicted molar refractivity (Wildman–Crippen MR) is 181 cm³/mol. The van der Waals surface area contributed by atoms with Gasteiger partial charge in [0.2, 0.25) is 17.7 Å². The van der Waals surface area contributed by atoms with Crippen molar-refractivity contribution >= 4 is 51.2 Å². The van der Waals surface area contributed by atoms with E-state index in [1.54, 1.807) is 9.47 Å². The van der Waals surface area contributed by atoms with Gasteiger partial charge in [-0.15, -0.1) is 0 Å². The largest absolute Gasteiger partial charge is 0.354 e. The lowest BCUT2D eigenvalue weighted by atomic mass is 10.1. The lowest BCUT2D eigenvalue weighted by molar-refractivity contribution is -0.134. The van der Waals surface area contributed by atoms with Crippen molar-refractivity contribution in [3.8, 4) is 0 Å². The lowest BCUT2D eigenvalue weighted by Gasteiger charge is -2.29. The van der Waals surface area contributed by atoms with Crippen LogP contribution in [0.25, 0.3) is 21.7 Å². The van der Waals surface area contributed by atoms with Gasteiger partial charge in [0.15, 0.2) is 5.16 Å². The quantitative estimate of drug-likeness (QED) is 0.154. The van der Waals surface area contributed by atoms with E-state index in [0.717, 1.165) is 42.3 Å². The molecule has 2 atom stereocenters. The van der Waals surface area contributed by atoms with E-state index in [-0.39, 0.29) is 42.2 Å². The van der Waals surface area contributed by atoms with Crippen LogP contribution in [0.15, 0.2) is 76.7 Å². The number of carbonyl (C=O) groups excluding carboxylic acids is 3. The van der Waals surface area contributed by atoms with Crippen molar-refractivity contribution in [1.82, 2.24) is 30.0 Å². The predicted octanol–water partition coefficient (Wildman–Crippen LogP) is 3.72. The van der Waals surface area contributed by atoms with E-state index in [0.29, 0.717) is 48.8 Å². The zero-order valence-corrected chi connectivity index (χ0v) is 26.9. The number of benzene rings is 3. The second kappa shape index (κ2) is 14.5. The fourth-order valence-electron chi connectivity index (χ4n) is 6.35. The summed E-state index contributed by atoms with van der Waals surface area (Å²) in [7, 11) is 0. The van der Waals surface area contributed by atoms with E-state index in [2.05, 4.69) is 10.6 Å². The standard InChI is InChI=1S/C35H40N6O4S/c1-2-40-33(44)28-21-25-11-6-7-12-26(25)22-29(28)38-35(40)46-32(24-9-4-3-5-10-24)34(45)41-18-8-13-27(41)23-37-30(42)14-15-31(43)39-19-16-36-17-20-39/h3-7,9-12,21-22,27,32,36H,2,8,13-20,23H2,1H3,(H,37,42)/t27-,32?/m1/s1. The molecule has 1 unspecified atom stereocenters. The molecule has 46 heavy (non-hydrogen) atoms. The van der Waals surface area contributed by atoms with Crippen LogP contribution in [0.1, 0.15) is 43.4 Å². The van der Waals surface area contributed by atoms with Gasteiger partial charge in [-0.05, 0) is 48.2 Å². The Labute approximate surface area is 272 Å². The summed E-state index contributed by atoms with van der Waals surface area (Å²) >= 11 is 1.30. The second-order valence-electron chi connectivity index (χ2n) is 11.8. The fourth-order valence-corrected chi connectivity index (χ4v) is 7.58. The van der Waals surface area contributed by atoms with Crippen molar-refractivity contribution < 1.29 is 14.4 Å². The highest BCUT2D eigenvalue weighted by Crippen LogP contribution is 2.38. The zero-order valence-electron chi connectivity index (χ0n) is 26.1. The van der Waals surface area contributed by atoms with E-state index in [1.165, 1.54) is 11.8 Å². The monoisotopic (exact) mass is 640 g/mol. The van der Waals surface area contributed by atoms with E-state index in [1.807, 2.05) is 78.6 Å². The summed E-state index contributed by atoms with van der Waals surface area (Å²) in [6.45, 7) is 6.13. The van der Waals surface area contributed by atoms with Gasteiger partial charge in [0.25, 0.3) is 5.56 Å². The normalized spacial score (nSPS) is 17.4. The van der Waals surface area contributed by atoms with Crippen LogP contribution in [0.5, 0.6) is 0 Å². The van der Waals surface area contributed by atoms with Crippen LogP contribution in [0, 0.1) is 0 Å². The number of piperazine rings is 1. The summed E-state index contributed by atoms with van der Waals surface area (Å²) in [6, 6.07) is 21.2. The smallest absolute Gasteiger partial charge is 0.262 e. The average Bonchev–Trinajstić information content (AvgIpc) is 3.57. The molecule has 2 aliphatic rings. The van der Waals surface area contributed by atoms with Gasteiger partial charge >= 0.3 is 0 Å². The molecule has 3 aromatic carbocycles. The summed E-state index contributed by atoms with van der Waals surface area (Å²) in [5, 5.41) is 8.60. The number of nitrogens with zero attached hydrogens (tertiary/aromatic N) is 4. The van der Waals surface area contributed by atoms with E-state index in [9.17, 15) is 19.2 Å². The van der Waals surface area contributed by atoms with Gasteiger partial charge in [-0.1, -0.05) is 66.4 Å². The second-order valence-corrected chi connectivity index (χ2v) is 12.9. The molecular weight excluding hydrogens is 600 g/mol. The van der Waals surface area contributed by atoms with Crippen molar-refractivity contribution in [1.29, 1.82) is 0 Å². The van der Waals surface area contributed by atoms with E-state index < -0.39 is 5.25 Å². The third-order valence-electron chi connectivity index (χ3n) is 8.88. The highest BCUT2D eigenvalue weighted by Gasteiger charge is 2.35. The van der Waals surface area contributed by atoms with Gasteiger partial charge in [-0.25, -0.2) is 4.98 Å². The summed E-state index contributed by atoms with van der Waals surface area (Å²) in [6.07, 6.45) is 1.92. The molecule has 0 aliphatic carbocycles. The first kappa shape index (κ1) is 31.7. The molecule has 4 aromatic rings. The van der Waals surface area contributed by atoms with Gasteiger partial charge < -0.3 is 20.4 Å². The molecule has 1 aromatic heterocycles. The Morgan fingerprint density at radius 1 is 0.978 bits per heavy atom. The highest BCUT2D eigenvalue weighted by molar-refractivity contribution is 8.00. The third-order valence-corrected chi connectivity index (χ3v) is 10.1. The van der Waals surface area contributed by atoms with Crippen LogP contribution >= 0.6 is 11.8 Å². The van der Waals surface area contributed by atoms with Crippen molar-refractivity contribution in [2.24, 2.45) is 0 Å². The highest BCUT2D eigenvalue weighted by atomic mass is 32.2. The Morgan fingerprint density at radius 2 is 1.70 bits per heavy atom. The number of thioether (sulfide) groups is 1. The van der Waals surface area contributed by atoms with Crippen LogP contribution in [-0.2, 0) is 20.9 Å². The van der Waals surface area contributed by atoms with Crippen molar-refractivity contribution in [3.05, 3.63) is 82.6 Å². The number of carbonyl (C=O) groups is 3. The molecule has 0 bridgehead atoms. The van der Waals surface area contributed by atoms with E-state index >= 15 is 0 Å².